The molecule has 114 valence electrons. The third-order valence-electron chi connectivity index (χ3n) is 4.96. The fourth-order valence-electron chi connectivity index (χ4n) is 3.58. The van der Waals surface area contributed by atoms with E-state index in [4.69, 9.17) is 0 Å². The van der Waals surface area contributed by atoms with Gasteiger partial charge in [-0.15, -0.1) is 0 Å². The number of hydrogen-bond donors (Lipinski definition) is 0. The summed E-state index contributed by atoms with van der Waals surface area (Å²) < 4.78 is 0. The van der Waals surface area contributed by atoms with Crippen LogP contribution >= 0.6 is 0 Å². The van der Waals surface area contributed by atoms with Crippen LogP contribution in [0.15, 0.2) is 0 Å². The van der Waals surface area contributed by atoms with Crippen LogP contribution < -0.4 is 0 Å². The van der Waals surface area contributed by atoms with Crippen molar-refractivity contribution in [1.29, 1.82) is 0 Å². The van der Waals surface area contributed by atoms with Gasteiger partial charge in [0.05, 0.1) is 0 Å². The monoisotopic (exact) mass is 267 g/mol. The molecule has 1 fully saturated rings. The van der Waals surface area contributed by atoms with Crippen molar-refractivity contribution in [3.05, 3.63) is 0 Å². The van der Waals surface area contributed by atoms with Crippen LogP contribution in [-0.4, -0.2) is 24.5 Å². The van der Waals surface area contributed by atoms with E-state index in [0.29, 0.717) is 0 Å². The SMILES string of the molecule is CCCCCCC(CCCCC)CC1CCCN1C. The minimum Gasteiger partial charge on any atom is -0.303 e. The number of hydrogen-bond acceptors (Lipinski definition) is 1. The first-order valence-electron chi connectivity index (χ1n) is 8.98. The summed E-state index contributed by atoms with van der Waals surface area (Å²) in [5, 5.41) is 0. The van der Waals surface area contributed by atoms with Gasteiger partial charge in [-0.05, 0) is 38.8 Å². The van der Waals surface area contributed by atoms with Crippen LogP contribution in [0.25, 0.3) is 0 Å². The zero-order valence-electron chi connectivity index (χ0n) is 13.8. The zero-order chi connectivity index (χ0) is 13.9. The molecule has 2 unspecified atom stereocenters. The lowest BCUT2D eigenvalue weighted by Crippen LogP contribution is -2.27. The molecule has 1 rings (SSSR count). The highest BCUT2D eigenvalue weighted by molar-refractivity contribution is 4.79. The van der Waals surface area contributed by atoms with Crippen molar-refractivity contribution in [2.45, 2.75) is 96.9 Å². The lowest BCUT2D eigenvalue weighted by molar-refractivity contribution is 0.242. The van der Waals surface area contributed by atoms with Gasteiger partial charge in [-0.25, -0.2) is 0 Å². The third kappa shape index (κ3) is 7.34. The Morgan fingerprint density at radius 3 is 2.16 bits per heavy atom. The Kier molecular flexibility index (Phi) is 9.59. The highest BCUT2D eigenvalue weighted by Crippen LogP contribution is 2.28. The summed E-state index contributed by atoms with van der Waals surface area (Å²) in [4.78, 5) is 2.61. The summed E-state index contributed by atoms with van der Waals surface area (Å²) >= 11 is 0. The minimum absolute atomic E-state index is 0.901. The molecule has 0 aromatic carbocycles. The Labute approximate surface area is 122 Å². The van der Waals surface area contributed by atoms with Crippen LogP contribution in [0.1, 0.15) is 90.9 Å². The van der Waals surface area contributed by atoms with Crippen molar-refractivity contribution < 1.29 is 0 Å². The Hall–Kier alpha value is -0.0400. The largest absolute Gasteiger partial charge is 0.303 e. The molecule has 0 aromatic rings. The Balaban J connectivity index is 2.26. The smallest absolute Gasteiger partial charge is 0.00953 e. The molecule has 2 atom stereocenters. The molecule has 1 heterocycles. The molecule has 0 N–H and O–H groups in total. The standard InChI is InChI=1S/C18H37N/c1-4-6-8-10-13-17(12-9-7-5-2)16-18-14-11-15-19(18)3/h17-18H,4-16H2,1-3H3. The van der Waals surface area contributed by atoms with Crippen molar-refractivity contribution in [3.63, 3.8) is 0 Å². The molecule has 0 aliphatic carbocycles. The topological polar surface area (TPSA) is 3.24 Å². The molecular weight excluding hydrogens is 230 g/mol. The summed E-state index contributed by atoms with van der Waals surface area (Å²) in [6.07, 6.45) is 17.3. The Morgan fingerprint density at radius 2 is 1.58 bits per heavy atom. The quantitative estimate of drug-likeness (QED) is 0.438. The van der Waals surface area contributed by atoms with E-state index in [-0.39, 0.29) is 0 Å². The Bertz CT molecular complexity index is 202. The van der Waals surface area contributed by atoms with Crippen molar-refractivity contribution >= 4 is 0 Å². The van der Waals surface area contributed by atoms with Crippen LogP contribution in [0.5, 0.6) is 0 Å². The lowest BCUT2D eigenvalue weighted by Gasteiger charge is -2.25. The molecule has 0 spiro atoms. The molecular formula is C18H37N. The summed E-state index contributed by atoms with van der Waals surface area (Å²) in [6, 6.07) is 0.901. The van der Waals surface area contributed by atoms with Gasteiger partial charge >= 0.3 is 0 Å². The van der Waals surface area contributed by atoms with Crippen molar-refractivity contribution in [3.8, 4) is 0 Å². The second-order valence-corrected chi connectivity index (χ2v) is 6.72. The molecule has 0 aromatic heterocycles. The van der Waals surface area contributed by atoms with Gasteiger partial charge in [0, 0.05) is 6.04 Å². The van der Waals surface area contributed by atoms with Gasteiger partial charge in [0.1, 0.15) is 0 Å². The molecule has 1 saturated heterocycles. The summed E-state index contributed by atoms with van der Waals surface area (Å²) in [5.74, 6) is 1.01. The first-order chi connectivity index (χ1) is 9.27. The second kappa shape index (κ2) is 10.7. The van der Waals surface area contributed by atoms with E-state index >= 15 is 0 Å². The zero-order valence-corrected chi connectivity index (χ0v) is 13.8. The Morgan fingerprint density at radius 1 is 0.947 bits per heavy atom. The minimum atomic E-state index is 0.901. The molecule has 19 heavy (non-hydrogen) atoms. The first-order valence-corrected chi connectivity index (χ1v) is 8.98. The summed E-state index contributed by atoms with van der Waals surface area (Å²) in [6.45, 7) is 5.97. The number of likely N-dealkylation sites (tertiary alicyclic amines) is 1. The van der Waals surface area contributed by atoms with E-state index in [9.17, 15) is 0 Å². The predicted octanol–water partition coefficient (Wildman–Crippen LogP) is 5.64. The maximum absolute atomic E-state index is 2.61. The van der Waals surface area contributed by atoms with Gasteiger partial charge in [-0.3, -0.25) is 0 Å². The summed E-state index contributed by atoms with van der Waals surface area (Å²) in [7, 11) is 2.33. The van der Waals surface area contributed by atoms with Crippen LogP contribution in [0.2, 0.25) is 0 Å². The van der Waals surface area contributed by atoms with Crippen molar-refractivity contribution in [1.82, 2.24) is 4.90 Å². The van der Waals surface area contributed by atoms with Crippen LogP contribution in [0, 0.1) is 5.92 Å². The van der Waals surface area contributed by atoms with E-state index in [1.54, 1.807) is 0 Å². The van der Waals surface area contributed by atoms with Gasteiger partial charge in [-0.1, -0.05) is 71.6 Å². The number of rotatable bonds is 11. The molecule has 0 amide bonds. The summed E-state index contributed by atoms with van der Waals surface area (Å²) in [5.41, 5.74) is 0. The van der Waals surface area contributed by atoms with E-state index < -0.39 is 0 Å². The van der Waals surface area contributed by atoms with Gasteiger partial charge in [0.25, 0.3) is 0 Å². The second-order valence-electron chi connectivity index (χ2n) is 6.72. The number of unbranched alkanes of at least 4 members (excludes halogenated alkanes) is 5. The maximum Gasteiger partial charge on any atom is 0.00953 e. The van der Waals surface area contributed by atoms with E-state index in [2.05, 4.69) is 25.8 Å². The fraction of sp³-hybridized carbons (Fsp3) is 1.00. The molecule has 0 bridgehead atoms. The van der Waals surface area contributed by atoms with Crippen molar-refractivity contribution in [2.75, 3.05) is 13.6 Å². The average Bonchev–Trinajstić information content (AvgIpc) is 2.80. The highest BCUT2D eigenvalue weighted by Gasteiger charge is 2.23. The lowest BCUT2D eigenvalue weighted by atomic mass is 9.88. The molecule has 0 radical (unpaired) electrons. The van der Waals surface area contributed by atoms with Gasteiger partial charge in [-0.2, -0.15) is 0 Å². The van der Waals surface area contributed by atoms with Gasteiger partial charge < -0.3 is 4.90 Å². The van der Waals surface area contributed by atoms with Crippen LogP contribution in [0.3, 0.4) is 0 Å². The third-order valence-corrected chi connectivity index (χ3v) is 4.96. The van der Waals surface area contributed by atoms with E-state index in [0.717, 1.165) is 12.0 Å². The first kappa shape index (κ1) is 17.0. The van der Waals surface area contributed by atoms with Crippen LogP contribution in [-0.2, 0) is 0 Å². The van der Waals surface area contributed by atoms with Crippen molar-refractivity contribution in [2.24, 2.45) is 5.92 Å². The van der Waals surface area contributed by atoms with E-state index in [1.807, 2.05) is 0 Å². The van der Waals surface area contributed by atoms with E-state index in [1.165, 1.54) is 83.6 Å². The van der Waals surface area contributed by atoms with Crippen LogP contribution in [0.4, 0.5) is 0 Å². The molecule has 0 saturated carbocycles. The maximum atomic E-state index is 2.61. The fourth-order valence-corrected chi connectivity index (χ4v) is 3.58. The molecule has 1 aliphatic rings. The van der Waals surface area contributed by atoms with Gasteiger partial charge in [0.2, 0.25) is 0 Å². The van der Waals surface area contributed by atoms with Gasteiger partial charge in [0.15, 0.2) is 0 Å². The molecule has 1 heteroatoms. The molecule has 1 aliphatic heterocycles. The normalized spacial score (nSPS) is 21.9. The molecule has 1 nitrogen and oxygen atoms in total. The number of nitrogens with zero attached hydrogens (tertiary/aromatic N) is 1. The average molecular weight is 268 g/mol. The highest BCUT2D eigenvalue weighted by atomic mass is 15.1. The predicted molar refractivity (Wildman–Crippen MR) is 86.7 cm³/mol.